The zero-order valence-corrected chi connectivity index (χ0v) is 19.2. The van der Waals surface area contributed by atoms with E-state index in [2.05, 4.69) is 36.5 Å². The largest absolute Gasteiger partial charge is 0.352 e. The Morgan fingerprint density at radius 1 is 1.00 bits per heavy atom. The number of amides is 2. The number of carbonyl (C=O) groups excluding carboxylic acids is 2. The molecule has 0 spiro atoms. The molecule has 0 heterocycles. The SMILES string of the molecule is CCc1ccc(CCC(=O)N(Cc2ccccc2Cl)[C@@H](CC)C(=O)NC(C)C)cc1. The highest BCUT2D eigenvalue weighted by molar-refractivity contribution is 6.31. The molecule has 2 aromatic carbocycles. The van der Waals surface area contributed by atoms with Crippen molar-refractivity contribution in [1.82, 2.24) is 10.2 Å². The monoisotopic (exact) mass is 428 g/mol. The Balaban J connectivity index is 2.20. The molecule has 0 unspecified atom stereocenters. The molecule has 5 heteroatoms. The Hall–Kier alpha value is -2.33. The summed E-state index contributed by atoms with van der Waals surface area (Å²) in [4.78, 5) is 27.7. The summed E-state index contributed by atoms with van der Waals surface area (Å²) in [7, 11) is 0. The average Bonchev–Trinajstić information content (AvgIpc) is 2.73. The number of carbonyl (C=O) groups is 2. The van der Waals surface area contributed by atoms with E-state index in [-0.39, 0.29) is 17.9 Å². The predicted octanol–water partition coefficient (Wildman–Crippen LogP) is 5.17. The third-order valence-electron chi connectivity index (χ3n) is 5.17. The Labute approximate surface area is 185 Å². The molecule has 1 atom stereocenters. The van der Waals surface area contributed by atoms with Gasteiger partial charge in [-0.2, -0.15) is 0 Å². The standard InChI is InChI=1S/C25H33ClN2O2/c1-5-19-11-13-20(14-12-19)15-16-24(29)28(17-21-9-7-8-10-22(21)26)23(6-2)25(30)27-18(3)4/h7-14,18,23H,5-6,15-17H2,1-4H3,(H,27,30)/t23-/m0/s1. The average molecular weight is 429 g/mol. The van der Waals surface area contributed by atoms with Gasteiger partial charge in [0.25, 0.3) is 0 Å². The maximum absolute atomic E-state index is 13.2. The Morgan fingerprint density at radius 2 is 1.63 bits per heavy atom. The van der Waals surface area contributed by atoms with Crippen LogP contribution in [0.15, 0.2) is 48.5 Å². The van der Waals surface area contributed by atoms with Gasteiger partial charge in [0.1, 0.15) is 6.04 Å². The molecule has 30 heavy (non-hydrogen) atoms. The lowest BCUT2D eigenvalue weighted by Crippen LogP contribution is -2.50. The minimum absolute atomic E-state index is 0.0147. The number of nitrogens with one attached hydrogen (secondary N) is 1. The summed E-state index contributed by atoms with van der Waals surface area (Å²) in [5.74, 6) is -0.166. The second-order valence-electron chi connectivity index (χ2n) is 7.87. The topological polar surface area (TPSA) is 49.4 Å². The quantitative estimate of drug-likeness (QED) is 0.567. The van der Waals surface area contributed by atoms with Crippen LogP contribution in [0.25, 0.3) is 0 Å². The lowest BCUT2D eigenvalue weighted by Gasteiger charge is -2.31. The highest BCUT2D eigenvalue weighted by Crippen LogP contribution is 2.21. The number of hydrogen-bond acceptors (Lipinski definition) is 2. The van der Waals surface area contributed by atoms with Crippen molar-refractivity contribution in [2.24, 2.45) is 0 Å². The molecule has 0 saturated carbocycles. The molecule has 2 aromatic rings. The Morgan fingerprint density at radius 3 is 2.20 bits per heavy atom. The molecule has 0 bridgehead atoms. The number of hydrogen-bond donors (Lipinski definition) is 1. The highest BCUT2D eigenvalue weighted by Gasteiger charge is 2.29. The van der Waals surface area contributed by atoms with Gasteiger partial charge in [-0.25, -0.2) is 0 Å². The highest BCUT2D eigenvalue weighted by atomic mass is 35.5. The zero-order chi connectivity index (χ0) is 22.1. The maximum atomic E-state index is 13.2. The first-order chi connectivity index (χ1) is 14.3. The lowest BCUT2D eigenvalue weighted by molar-refractivity contribution is -0.141. The minimum atomic E-state index is -0.529. The van der Waals surface area contributed by atoms with Gasteiger partial charge < -0.3 is 10.2 Å². The van der Waals surface area contributed by atoms with Gasteiger partial charge >= 0.3 is 0 Å². The fourth-order valence-electron chi connectivity index (χ4n) is 3.45. The van der Waals surface area contributed by atoms with E-state index < -0.39 is 6.04 Å². The number of benzene rings is 2. The van der Waals surface area contributed by atoms with Crippen molar-refractivity contribution < 1.29 is 9.59 Å². The molecule has 0 saturated heterocycles. The van der Waals surface area contributed by atoms with Gasteiger partial charge in [-0.05, 0) is 55.9 Å². The van der Waals surface area contributed by atoms with Gasteiger partial charge in [0.15, 0.2) is 0 Å². The van der Waals surface area contributed by atoms with Crippen LogP contribution in [0, 0.1) is 0 Å². The molecular weight excluding hydrogens is 396 g/mol. The van der Waals surface area contributed by atoms with Gasteiger partial charge in [0.05, 0.1) is 0 Å². The third-order valence-corrected chi connectivity index (χ3v) is 5.54. The van der Waals surface area contributed by atoms with Crippen LogP contribution in [0.5, 0.6) is 0 Å². The number of rotatable bonds is 10. The lowest BCUT2D eigenvalue weighted by atomic mass is 10.0. The van der Waals surface area contributed by atoms with Crippen molar-refractivity contribution in [3.8, 4) is 0 Å². The van der Waals surface area contributed by atoms with Gasteiger partial charge in [-0.3, -0.25) is 9.59 Å². The maximum Gasteiger partial charge on any atom is 0.243 e. The van der Waals surface area contributed by atoms with E-state index in [1.54, 1.807) is 4.90 Å². The normalized spacial score (nSPS) is 11.9. The van der Waals surface area contributed by atoms with Crippen LogP contribution < -0.4 is 5.32 Å². The van der Waals surface area contributed by atoms with Crippen molar-refractivity contribution in [3.63, 3.8) is 0 Å². The molecule has 162 valence electrons. The van der Waals surface area contributed by atoms with E-state index in [1.165, 1.54) is 5.56 Å². The molecule has 1 N–H and O–H groups in total. The Kier molecular flexibility index (Phi) is 9.38. The fraction of sp³-hybridized carbons (Fsp3) is 0.440. The minimum Gasteiger partial charge on any atom is -0.352 e. The molecule has 0 aliphatic heterocycles. The summed E-state index contributed by atoms with van der Waals surface area (Å²) in [6.45, 7) is 8.21. The van der Waals surface area contributed by atoms with E-state index in [4.69, 9.17) is 11.6 Å². The second-order valence-corrected chi connectivity index (χ2v) is 8.28. The molecule has 0 radical (unpaired) electrons. The van der Waals surface area contributed by atoms with Crippen LogP contribution in [0.3, 0.4) is 0 Å². The van der Waals surface area contributed by atoms with E-state index >= 15 is 0 Å². The van der Waals surface area contributed by atoms with Crippen LogP contribution in [-0.2, 0) is 29.0 Å². The molecular formula is C25H33ClN2O2. The van der Waals surface area contributed by atoms with Crippen molar-refractivity contribution in [2.45, 2.75) is 72.0 Å². The van der Waals surface area contributed by atoms with Crippen LogP contribution >= 0.6 is 11.6 Å². The number of nitrogens with zero attached hydrogens (tertiary/aromatic N) is 1. The van der Waals surface area contributed by atoms with Crippen molar-refractivity contribution in [3.05, 3.63) is 70.2 Å². The van der Waals surface area contributed by atoms with Gasteiger partial charge in [0.2, 0.25) is 11.8 Å². The van der Waals surface area contributed by atoms with Crippen LogP contribution in [-0.4, -0.2) is 28.8 Å². The molecule has 0 aliphatic rings. The summed E-state index contributed by atoms with van der Waals surface area (Å²) >= 11 is 6.35. The van der Waals surface area contributed by atoms with E-state index in [9.17, 15) is 9.59 Å². The molecule has 2 amide bonds. The first-order valence-corrected chi connectivity index (χ1v) is 11.1. The smallest absolute Gasteiger partial charge is 0.243 e. The number of aryl methyl sites for hydroxylation is 2. The van der Waals surface area contributed by atoms with Crippen LogP contribution in [0.4, 0.5) is 0 Å². The van der Waals surface area contributed by atoms with Gasteiger partial charge in [0, 0.05) is 24.0 Å². The molecule has 0 fully saturated rings. The fourth-order valence-corrected chi connectivity index (χ4v) is 3.64. The van der Waals surface area contributed by atoms with Crippen molar-refractivity contribution in [1.29, 1.82) is 0 Å². The number of halogens is 1. The molecule has 4 nitrogen and oxygen atoms in total. The predicted molar refractivity (Wildman–Crippen MR) is 124 cm³/mol. The summed E-state index contributed by atoms with van der Waals surface area (Å²) in [6.07, 6.45) is 2.53. The molecule has 2 rings (SSSR count). The van der Waals surface area contributed by atoms with Crippen LogP contribution in [0.2, 0.25) is 5.02 Å². The summed E-state index contributed by atoms with van der Waals surface area (Å²) < 4.78 is 0. The van der Waals surface area contributed by atoms with Gasteiger partial charge in [-0.1, -0.05) is 67.9 Å². The summed E-state index contributed by atoms with van der Waals surface area (Å²) in [6, 6.07) is 15.3. The zero-order valence-electron chi connectivity index (χ0n) is 18.5. The third kappa shape index (κ3) is 6.88. The van der Waals surface area contributed by atoms with E-state index in [0.29, 0.717) is 30.8 Å². The van der Waals surface area contributed by atoms with Gasteiger partial charge in [-0.15, -0.1) is 0 Å². The second kappa shape index (κ2) is 11.8. The van der Waals surface area contributed by atoms with E-state index in [1.807, 2.05) is 45.0 Å². The first kappa shape index (κ1) is 23.9. The summed E-state index contributed by atoms with van der Waals surface area (Å²) in [5.41, 5.74) is 3.25. The van der Waals surface area contributed by atoms with E-state index in [0.717, 1.165) is 17.5 Å². The van der Waals surface area contributed by atoms with Crippen molar-refractivity contribution in [2.75, 3.05) is 0 Å². The van der Waals surface area contributed by atoms with Crippen LogP contribution in [0.1, 0.15) is 57.2 Å². The molecule has 0 aromatic heterocycles. The van der Waals surface area contributed by atoms with Crippen molar-refractivity contribution >= 4 is 23.4 Å². The Bertz CT molecular complexity index is 833. The summed E-state index contributed by atoms with van der Waals surface area (Å²) in [5, 5.41) is 3.55. The first-order valence-electron chi connectivity index (χ1n) is 10.8. The molecule has 0 aliphatic carbocycles.